The smallest absolute Gasteiger partial charge is 0.0136 e. The van der Waals surface area contributed by atoms with Crippen LogP contribution in [-0.2, 0) is 0 Å². The summed E-state index contributed by atoms with van der Waals surface area (Å²) < 4.78 is 0. The Hall–Kier alpha value is -0.820. The molecule has 1 aliphatic carbocycles. The van der Waals surface area contributed by atoms with Gasteiger partial charge in [0.2, 0.25) is 0 Å². The highest BCUT2D eigenvalue weighted by Crippen LogP contribution is 2.34. The summed E-state index contributed by atoms with van der Waals surface area (Å²) in [5.74, 6) is 0.726. The van der Waals surface area contributed by atoms with Crippen molar-refractivity contribution in [1.82, 2.24) is 5.32 Å². The average molecular weight is 231 g/mol. The lowest BCUT2D eigenvalue weighted by molar-refractivity contribution is 0.332. The van der Waals surface area contributed by atoms with Crippen LogP contribution in [0.15, 0.2) is 18.2 Å². The van der Waals surface area contributed by atoms with E-state index in [9.17, 15) is 0 Å². The van der Waals surface area contributed by atoms with E-state index in [0.29, 0.717) is 6.04 Å². The average Bonchev–Trinajstić information content (AvgIpc) is 2.31. The molecule has 0 radical (unpaired) electrons. The summed E-state index contributed by atoms with van der Waals surface area (Å²) in [6, 6.07) is 7.63. The Morgan fingerprint density at radius 3 is 2.65 bits per heavy atom. The predicted octanol–water partition coefficient (Wildman–Crippen LogP) is 3.94. The van der Waals surface area contributed by atoms with Crippen LogP contribution in [-0.4, -0.2) is 12.6 Å². The summed E-state index contributed by atoms with van der Waals surface area (Å²) in [6.07, 6.45) is 5.46. The van der Waals surface area contributed by atoms with E-state index in [0.717, 1.165) is 12.5 Å². The fourth-order valence-corrected chi connectivity index (χ4v) is 3.25. The molecule has 94 valence electrons. The molecule has 0 aromatic heterocycles. The van der Waals surface area contributed by atoms with Crippen LogP contribution in [0.4, 0.5) is 0 Å². The highest BCUT2D eigenvalue weighted by molar-refractivity contribution is 5.34. The highest BCUT2D eigenvalue weighted by Gasteiger charge is 2.26. The first kappa shape index (κ1) is 12.6. The van der Waals surface area contributed by atoms with Crippen molar-refractivity contribution in [2.45, 2.75) is 58.4 Å². The second kappa shape index (κ2) is 5.68. The van der Waals surface area contributed by atoms with Crippen LogP contribution in [0.2, 0.25) is 0 Å². The van der Waals surface area contributed by atoms with Gasteiger partial charge >= 0.3 is 0 Å². The summed E-state index contributed by atoms with van der Waals surface area (Å²) in [4.78, 5) is 0. The maximum Gasteiger partial charge on any atom is 0.0136 e. The lowest BCUT2D eigenvalue weighted by Gasteiger charge is -2.33. The molecule has 1 aliphatic rings. The SMILES string of the molecule is CCNC1CCCCC1c1ccc(C)cc1C. The Bertz CT molecular complexity index is 368. The normalized spacial score (nSPS) is 24.9. The number of hydrogen-bond acceptors (Lipinski definition) is 1. The molecular weight excluding hydrogens is 206 g/mol. The molecule has 0 bridgehead atoms. The second-order valence-electron chi connectivity index (χ2n) is 5.42. The molecule has 0 aliphatic heterocycles. The van der Waals surface area contributed by atoms with E-state index < -0.39 is 0 Å². The summed E-state index contributed by atoms with van der Waals surface area (Å²) in [6.45, 7) is 7.75. The number of aryl methyl sites for hydroxylation is 2. The molecule has 0 spiro atoms. The van der Waals surface area contributed by atoms with E-state index in [4.69, 9.17) is 0 Å². The third kappa shape index (κ3) is 2.90. The van der Waals surface area contributed by atoms with Gasteiger partial charge in [-0.15, -0.1) is 0 Å². The Morgan fingerprint density at radius 2 is 1.94 bits per heavy atom. The van der Waals surface area contributed by atoms with Gasteiger partial charge in [-0.25, -0.2) is 0 Å². The maximum absolute atomic E-state index is 3.67. The molecule has 1 N–H and O–H groups in total. The molecular formula is C16H25N. The highest BCUT2D eigenvalue weighted by atomic mass is 14.9. The Balaban J connectivity index is 2.23. The van der Waals surface area contributed by atoms with Gasteiger partial charge in [-0.1, -0.05) is 43.5 Å². The minimum absolute atomic E-state index is 0.690. The molecule has 1 aromatic rings. The molecule has 1 aromatic carbocycles. The zero-order chi connectivity index (χ0) is 12.3. The summed E-state index contributed by atoms with van der Waals surface area (Å²) in [5, 5.41) is 3.67. The minimum atomic E-state index is 0.690. The van der Waals surface area contributed by atoms with Gasteiger partial charge in [-0.05, 0) is 50.3 Å². The van der Waals surface area contributed by atoms with Crippen molar-refractivity contribution in [3.63, 3.8) is 0 Å². The maximum atomic E-state index is 3.67. The predicted molar refractivity (Wildman–Crippen MR) is 74.6 cm³/mol. The first-order chi connectivity index (χ1) is 8.22. The van der Waals surface area contributed by atoms with Gasteiger partial charge in [0, 0.05) is 6.04 Å². The molecule has 2 unspecified atom stereocenters. The van der Waals surface area contributed by atoms with Gasteiger partial charge in [0.1, 0.15) is 0 Å². The first-order valence-corrected chi connectivity index (χ1v) is 7.03. The van der Waals surface area contributed by atoms with E-state index in [2.05, 4.69) is 44.3 Å². The Morgan fingerprint density at radius 1 is 1.18 bits per heavy atom. The van der Waals surface area contributed by atoms with Crippen LogP contribution in [0, 0.1) is 13.8 Å². The van der Waals surface area contributed by atoms with E-state index in [1.807, 2.05) is 0 Å². The molecule has 1 saturated carbocycles. The fourth-order valence-electron chi connectivity index (χ4n) is 3.25. The molecule has 1 fully saturated rings. The number of hydrogen-bond donors (Lipinski definition) is 1. The molecule has 1 nitrogen and oxygen atoms in total. The van der Waals surface area contributed by atoms with Crippen molar-refractivity contribution in [3.8, 4) is 0 Å². The van der Waals surface area contributed by atoms with Crippen LogP contribution in [0.5, 0.6) is 0 Å². The van der Waals surface area contributed by atoms with Crippen LogP contribution in [0.3, 0.4) is 0 Å². The zero-order valence-electron chi connectivity index (χ0n) is 11.4. The summed E-state index contributed by atoms with van der Waals surface area (Å²) in [7, 11) is 0. The van der Waals surface area contributed by atoms with E-state index in [-0.39, 0.29) is 0 Å². The van der Waals surface area contributed by atoms with Crippen molar-refractivity contribution >= 4 is 0 Å². The Labute approximate surface area is 106 Å². The molecule has 0 amide bonds. The van der Waals surface area contributed by atoms with Gasteiger partial charge < -0.3 is 5.32 Å². The number of rotatable bonds is 3. The van der Waals surface area contributed by atoms with E-state index in [1.165, 1.54) is 36.8 Å². The van der Waals surface area contributed by atoms with E-state index in [1.54, 1.807) is 5.56 Å². The minimum Gasteiger partial charge on any atom is -0.314 e. The second-order valence-corrected chi connectivity index (χ2v) is 5.42. The van der Waals surface area contributed by atoms with Gasteiger partial charge in [0.15, 0.2) is 0 Å². The molecule has 0 heterocycles. The third-order valence-electron chi connectivity index (χ3n) is 4.06. The molecule has 2 rings (SSSR count). The summed E-state index contributed by atoms with van der Waals surface area (Å²) >= 11 is 0. The first-order valence-electron chi connectivity index (χ1n) is 7.03. The van der Waals surface area contributed by atoms with Crippen molar-refractivity contribution < 1.29 is 0 Å². The lowest BCUT2D eigenvalue weighted by atomic mass is 9.78. The molecule has 1 heteroatoms. The quantitative estimate of drug-likeness (QED) is 0.831. The number of benzene rings is 1. The van der Waals surface area contributed by atoms with Crippen LogP contribution >= 0.6 is 0 Å². The monoisotopic (exact) mass is 231 g/mol. The molecule has 17 heavy (non-hydrogen) atoms. The van der Waals surface area contributed by atoms with Gasteiger partial charge in [-0.2, -0.15) is 0 Å². The van der Waals surface area contributed by atoms with Crippen molar-refractivity contribution in [1.29, 1.82) is 0 Å². The van der Waals surface area contributed by atoms with E-state index >= 15 is 0 Å². The van der Waals surface area contributed by atoms with Crippen LogP contribution in [0.1, 0.15) is 55.2 Å². The zero-order valence-corrected chi connectivity index (χ0v) is 11.4. The molecule has 2 atom stereocenters. The third-order valence-corrected chi connectivity index (χ3v) is 4.06. The largest absolute Gasteiger partial charge is 0.314 e. The van der Waals surface area contributed by atoms with Crippen LogP contribution < -0.4 is 5.32 Å². The van der Waals surface area contributed by atoms with Gasteiger partial charge in [-0.3, -0.25) is 0 Å². The summed E-state index contributed by atoms with van der Waals surface area (Å²) in [5.41, 5.74) is 4.42. The number of likely N-dealkylation sites (N-methyl/N-ethyl adjacent to an activating group) is 1. The lowest BCUT2D eigenvalue weighted by Crippen LogP contribution is -2.37. The van der Waals surface area contributed by atoms with Crippen LogP contribution in [0.25, 0.3) is 0 Å². The fraction of sp³-hybridized carbons (Fsp3) is 0.625. The number of nitrogens with one attached hydrogen (secondary N) is 1. The standard InChI is InChI=1S/C16H25N/c1-4-17-16-8-6-5-7-15(16)14-10-9-12(2)11-13(14)3/h9-11,15-17H,4-8H2,1-3H3. The van der Waals surface area contributed by atoms with Gasteiger partial charge in [0.25, 0.3) is 0 Å². The van der Waals surface area contributed by atoms with Gasteiger partial charge in [0.05, 0.1) is 0 Å². The Kier molecular flexibility index (Phi) is 4.22. The van der Waals surface area contributed by atoms with Crippen molar-refractivity contribution in [3.05, 3.63) is 34.9 Å². The molecule has 0 saturated heterocycles. The topological polar surface area (TPSA) is 12.0 Å². The van der Waals surface area contributed by atoms with Crippen molar-refractivity contribution in [2.24, 2.45) is 0 Å². The van der Waals surface area contributed by atoms with Crippen molar-refractivity contribution in [2.75, 3.05) is 6.54 Å².